The van der Waals surface area contributed by atoms with Crippen LogP contribution in [0.4, 0.5) is 0 Å². The van der Waals surface area contributed by atoms with Crippen LogP contribution in [0.15, 0.2) is 29.3 Å². The first-order valence-electron chi connectivity index (χ1n) is 7.51. The van der Waals surface area contributed by atoms with E-state index >= 15 is 0 Å². The summed E-state index contributed by atoms with van der Waals surface area (Å²) in [7, 11) is 1.75. The number of hydrogen-bond acceptors (Lipinski definition) is 3. The second-order valence-electron chi connectivity index (χ2n) is 4.80. The minimum atomic E-state index is -0.0221. The quantitative estimate of drug-likeness (QED) is 0.247. The molecule has 1 aromatic rings. The Labute approximate surface area is 160 Å². The highest BCUT2D eigenvalue weighted by Crippen LogP contribution is 2.05. The van der Waals surface area contributed by atoms with Gasteiger partial charge in [-0.15, -0.1) is 24.0 Å². The molecule has 7 heteroatoms. The van der Waals surface area contributed by atoms with E-state index in [0.29, 0.717) is 18.7 Å². The number of guanidine groups is 1. The van der Waals surface area contributed by atoms with E-state index in [-0.39, 0.29) is 29.9 Å². The number of halogens is 1. The lowest BCUT2D eigenvalue weighted by atomic mass is 10.1. The van der Waals surface area contributed by atoms with Crippen molar-refractivity contribution in [2.75, 3.05) is 32.1 Å². The first-order chi connectivity index (χ1) is 10.7. The average molecular weight is 450 g/mol. The smallest absolute Gasteiger partial charge is 0.251 e. The van der Waals surface area contributed by atoms with Crippen molar-refractivity contribution in [2.45, 2.75) is 19.9 Å². The molecule has 5 nitrogen and oxygen atoms in total. The summed E-state index contributed by atoms with van der Waals surface area (Å²) in [4.78, 5) is 16.1. The summed E-state index contributed by atoms with van der Waals surface area (Å²) in [5.41, 5.74) is 1.75. The lowest BCUT2D eigenvalue weighted by Crippen LogP contribution is -2.38. The van der Waals surface area contributed by atoms with Gasteiger partial charge in [0.1, 0.15) is 0 Å². The van der Waals surface area contributed by atoms with Gasteiger partial charge in [-0.2, -0.15) is 11.8 Å². The maximum atomic E-state index is 12.0. The molecule has 0 heterocycles. The van der Waals surface area contributed by atoms with Gasteiger partial charge in [-0.05, 0) is 30.4 Å². The number of benzene rings is 1. The number of nitrogens with one attached hydrogen (secondary N) is 3. The van der Waals surface area contributed by atoms with Gasteiger partial charge in [0.25, 0.3) is 5.91 Å². The van der Waals surface area contributed by atoms with Crippen LogP contribution in [0.3, 0.4) is 0 Å². The zero-order chi connectivity index (χ0) is 16.2. The van der Waals surface area contributed by atoms with Gasteiger partial charge in [-0.25, -0.2) is 0 Å². The molecule has 0 saturated heterocycles. The highest BCUT2D eigenvalue weighted by Gasteiger charge is 2.05. The first-order valence-corrected chi connectivity index (χ1v) is 8.91. The third-order valence-electron chi connectivity index (χ3n) is 3.01. The third-order valence-corrected chi connectivity index (χ3v) is 3.62. The van der Waals surface area contributed by atoms with E-state index in [1.165, 1.54) is 0 Å². The van der Waals surface area contributed by atoms with Gasteiger partial charge in [0, 0.05) is 38.0 Å². The molecule has 0 aliphatic carbocycles. The summed E-state index contributed by atoms with van der Waals surface area (Å²) in [6.07, 6.45) is 3.01. The molecule has 0 saturated carbocycles. The van der Waals surface area contributed by atoms with E-state index in [1.807, 2.05) is 31.2 Å². The zero-order valence-corrected chi connectivity index (χ0v) is 17.2. The van der Waals surface area contributed by atoms with Crippen molar-refractivity contribution in [3.05, 3.63) is 35.4 Å². The van der Waals surface area contributed by atoms with Crippen molar-refractivity contribution in [2.24, 2.45) is 4.99 Å². The van der Waals surface area contributed by atoms with E-state index in [1.54, 1.807) is 18.8 Å². The van der Waals surface area contributed by atoms with Crippen LogP contribution < -0.4 is 16.0 Å². The second-order valence-corrected chi connectivity index (χ2v) is 5.79. The highest BCUT2D eigenvalue weighted by molar-refractivity contribution is 14.0. The Morgan fingerprint density at radius 1 is 1.22 bits per heavy atom. The van der Waals surface area contributed by atoms with E-state index in [0.717, 1.165) is 30.2 Å². The molecule has 3 N–H and O–H groups in total. The number of thioether (sulfide) groups is 1. The van der Waals surface area contributed by atoms with Crippen molar-refractivity contribution >= 4 is 47.6 Å². The van der Waals surface area contributed by atoms with E-state index < -0.39 is 0 Å². The van der Waals surface area contributed by atoms with Crippen LogP contribution in [0.5, 0.6) is 0 Å². The van der Waals surface area contributed by atoms with Crippen LogP contribution >= 0.6 is 35.7 Å². The minimum absolute atomic E-state index is 0. The number of hydrogen-bond donors (Lipinski definition) is 3. The summed E-state index contributed by atoms with van der Waals surface area (Å²) in [5, 5.41) is 9.38. The molecular weight excluding hydrogens is 423 g/mol. The third kappa shape index (κ3) is 9.04. The summed E-state index contributed by atoms with van der Waals surface area (Å²) < 4.78 is 0. The molecule has 1 rings (SSSR count). The number of carbonyl (C=O) groups excluding carboxylic acids is 1. The topological polar surface area (TPSA) is 65.5 Å². The van der Waals surface area contributed by atoms with Crippen molar-refractivity contribution in [1.29, 1.82) is 0 Å². The first kappa shape index (κ1) is 22.0. The standard InChI is InChI=1S/C16H26N4OS.HI/c1-4-8-18-15(21)14-7-5-6-13(11-14)12-20-16(17-2)19-9-10-22-3;/h5-7,11H,4,8-10,12H2,1-3H3,(H,18,21)(H2,17,19,20);1H. The van der Waals surface area contributed by atoms with Crippen LogP contribution in [-0.2, 0) is 6.54 Å². The summed E-state index contributed by atoms with van der Waals surface area (Å²) >= 11 is 1.79. The molecule has 0 aliphatic rings. The summed E-state index contributed by atoms with van der Waals surface area (Å²) in [6.45, 7) is 4.25. The monoisotopic (exact) mass is 450 g/mol. The average Bonchev–Trinajstić information content (AvgIpc) is 2.56. The van der Waals surface area contributed by atoms with E-state index in [2.05, 4.69) is 27.2 Å². The zero-order valence-electron chi connectivity index (χ0n) is 14.0. The van der Waals surface area contributed by atoms with E-state index in [9.17, 15) is 4.79 Å². The van der Waals surface area contributed by atoms with Crippen LogP contribution in [0, 0.1) is 0 Å². The fraction of sp³-hybridized carbons (Fsp3) is 0.500. The van der Waals surface area contributed by atoms with Crippen molar-refractivity contribution in [3.8, 4) is 0 Å². The molecule has 1 aromatic carbocycles. The SMILES string of the molecule is CCCNC(=O)c1cccc(CNC(=NC)NCCSC)c1.I. The summed E-state index contributed by atoms with van der Waals surface area (Å²) in [5.74, 6) is 1.79. The molecule has 1 amide bonds. The largest absolute Gasteiger partial charge is 0.356 e. The van der Waals surface area contributed by atoms with Gasteiger partial charge in [-0.1, -0.05) is 19.1 Å². The van der Waals surface area contributed by atoms with Gasteiger partial charge in [0.2, 0.25) is 0 Å². The molecule has 23 heavy (non-hydrogen) atoms. The number of aliphatic imine (C=N–C) groups is 1. The van der Waals surface area contributed by atoms with Crippen molar-refractivity contribution < 1.29 is 4.79 Å². The normalized spacial score (nSPS) is 10.7. The van der Waals surface area contributed by atoms with Gasteiger partial charge in [0.05, 0.1) is 0 Å². The van der Waals surface area contributed by atoms with E-state index in [4.69, 9.17) is 0 Å². The highest BCUT2D eigenvalue weighted by atomic mass is 127. The Hall–Kier alpha value is -0.960. The van der Waals surface area contributed by atoms with Crippen LogP contribution in [0.25, 0.3) is 0 Å². The van der Waals surface area contributed by atoms with Crippen molar-refractivity contribution in [1.82, 2.24) is 16.0 Å². The molecule has 0 atom stereocenters. The molecular formula is C16H27IN4OS. The fourth-order valence-corrected chi connectivity index (χ4v) is 2.15. The molecule has 0 aliphatic heterocycles. The number of amides is 1. The molecule has 0 radical (unpaired) electrons. The lowest BCUT2D eigenvalue weighted by molar-refractivity contribution is 0.0953. The van der Waals surface area contributed by atoms with Gasteiger partial charge < -0.3 is 16.0 Å². The Bertz CT molecular complexity index is 497. The predicted octanol–water partition coefficient (Wildman–Crippen LogP) is 2.47. The summed E-state index contributed by atoms with van der Waals surface area (Å²) in [6, 6.07) is 7.65. The number of carbonyl (C=O) groups is 1. The lowest BCUT2D eigenvalue weighted by Gasteiger charge is -2.12. The number of rotatable bonds is 8. The maximum absolute atomic E-state index is 12.0. The Kier molecular flexibility index (Phi) is 12.9. The van der Waals surface area contributed by atoms with Gasteiger partial charge in [-0.3, -0.25) is 9.79 Å². The molecule has 0 spiro atoms. The predicted molar refractivity (Wildman–Crippen MR) is 111 cm³/mol. The molecule has 0 unspecified atom stereocenters. The van der Waals surface area contributed by atoms with Crippen LogP contribution in [-0.4, -0.2) is 44.0 Å². The Morgan fingerprint density at radius 2 is 2.00 bits per heavy atom. The maximum Gasteiger partial charge on any atom is 0.251 e. The second kappa shape index (κ2) is 13.5. The van der Waals surface area contributed by atoms with Crippen LogP contribution in [0.1, 0.15) is 29.3 Å². The molecule has 0 bridgehead atoms. The fourth-order valence-electron chi connectivity index (χ4n) is 1.84. The number of nitrogens with zero attached hydrogens (tertiary/aromatic N) is 1. The minimum Gasteiger partial charge on any atom is -0.356 e. The van der Waals surface area contributed by atoms with Crippen LogP contribution in [0.2, 0.25) is 0 Å². The molecule has 130 valence electrons. The Balaban J connectivity index is 0.00000484. The molecule has 0 aromatic heterocycles. The molecule has 0 fully saturated rings. The van der Waals surface area contributed by atoms with Gasteiger partial charge >= 0.3 is 0 Å². The Morgan fingerprint density at radius 3 is 2.65 bits per heavy atom. The van der Waals surface area contributed by atoms with Crippen molar-refractivity contribution in [3.63, 3.8) is 0 Å². The van der Waals surface area contributed by atoms with Gasteiger partial charge in [0.15, 0.2) is 5.96 Å².